The fraction of sp³-hybridized carbons (Fsp3) is 1.00. The summed E-state index contributed by atoms with van der Waals surface area (Å²) in [7, 11) is 0. The van der Waals surface area contributed by atoms with Gasteiger partial charge < -0.3 is 31.5 Å². The molecule has 6 nitrogen and oxygen atoms in total. The van der Waals surface area contributed by atoms with E-state index in [2.05, 4.69) is 5.32 Å². The summed E-state index contributed by atoms with van der Waals surface area (Å²) in [5.74, 6) is 0. The maximum atomic E-state index is 9.39. The molecule has 0 aromatic carbocycles. The minimum atomic E-state index is -1.26. The van der Waals surface area contributed by atoms with Gasteiger partial charge in [-0.05, 0) is 0 Å². The Morgan fingerprint density at radius 3 is 2.00 bits per heavy atom. The largest absolute Gasteiger partial charge is 0.395 e. The Labute approximate surface area is 76.0 Å². The zero-order valence-corrected chi connectivity index (χ0v) is 7.17. The van der Waals surface area contributed by atoms with Crippen molar-refractivity contribution in [1.82, 2.24) is 5.32 Å². The molecule has 5 atom stereocenters. The average molecular weight is 192 g/mol. The molecule has 0 unspecified atom stereocenters. The van der Waals surface area contributed by atoms with Crippen LogP contribution in [0.4, 0.5) is 0 Å². The molecule has 0 aliphatic carbocycles. The van der Waals surface area contributed by atoms with Crippen molar-refractivity contribution in [3.8, 4) is 0 Å². The number of hydrogen-bond acceptors (Lipinski definition) is 6. The molecule has 0 amide bonds. The van der Waals surface area contributed by atoms with Crippen LogP contribution in [0.25, 0.3) is 0 Å². The van der Waals surface area contributed by atoms with Gasteiger partial charge in [-0.2, -0.15) is 0 Å². The highest BCUT2D eigenvalue weighted by atomic mass is 16.4. The summed E-state index contributed by atoms with van der Waals surface area (Å²) >= 11 is 0. The van der Waals surface area contributed by atoms with Crippen molar-refractivity contribution in [2.24, 2.45) is 5.73 Å². The van der Waals surface area contributed by atoms with E-state index in [4.69, 9.17) is 10.8 Å². The van der Waals surface area contributed by atoms with Gasteiger partial charge in [0.25, 0.3) is 0 Å². The van der Waals surface area contributed by atoms with Crippen LogP contribution in [0.15, 0.2) is 0 Å². The Morgan fingerprint density at radius 2 is 1.54 bits per heavy atom. The Hall–Kier alpha value is -0.240. The van der Waals surface area contributed by atoms with Gasteiger partial charge in [-0.15, -0.1) is 0 Å². The van der Waals surface area contributed by atoms with Gasteiger partial charge in [-0.3, -0.25) is 0 Å². The van der Waals surface area contributed by atoms with Crippen LogP contribution in [0.3, 0.4) is 0 Å². The van der Waals surface area contributed by atoms with Crippen molar-refractivity contribution < 1.29 is 20.4 Å². The molecule has 0 aromatic heterocycles. The summed E-state index contributed by atoms with van der Waals surface area (Å²) in [4.78, 5) is 0. The normalized spacial score (nSPS) is 46.4. The maximum Gasteiger partial charge on any atom is 0.109 e. The van der Waals surface area contributed by atoms with E-state index in [9.17, 15) is 15.3 Å². The fourth-order valence-corrected chi connectivity index (χ4v) is 1.52. The Balaban J connectivity index is 2.66. The zero-order valence-electron chi connectivity index (χ0n) is 7.17. The Kier molecular flexibility index (Phi) is 3.60. The second-order valence-corrected chi connectivity index (χ2v) is 3.27. The van der Waals surface area contributed by atoms with Crippen LogP contribution in [0.2, 0.25) is 0 Å². The zero-order chi connectivity index (χ0) is 10.0. The van der Waals surface area contributed by atoms with Gasteiger partial charge in [0.15, 0.2) is 0 Å². The third-order valence-electron chi connectivity index (χ3n) is 2.40. The lowest BCUT2D eigenvalue weighted by Crippen LogP contribution is -2.67. The van der Waals surface area contributed by atoms with E-state index < -0.39 is 30.4 Å². The van der Waals surface area contributed by atoms with Crippen LogP contribution < -0.4 is 11.1 Å². The maximum absolute atomic E-state index is 9.39. The highest BCUT2D eigenvalue weighted by Crippen LogP contribution is 2.14. The van der Waals surface area contributed by atoms with Crippen molar-refractivity contribution in [3.63, 3.8) is 0 Å². The summed E-state index contributed by atoms with van der Waals surface area (Å²) in [5.41, 5.74) is 5.32. The van der Waals surface area contributed by atoms with Crippen LogP contribution in [-0.2, 0) is 0 Å². The van der Waals surface area contributed by atoms with Crippen LogP contribution in [0.1, 0.15) is 0 Å². The minimum absolute atomic E-state index is 0.140. The molecule has 0 saturated carbocycles. The van der Waals surface area contributed by atoms with Crippen molar-refractivity contribution in [1.29, 1.82) is 0 Å². The molecular weight excluding hydrogens is 176 g/mol. The fourth-order valence-electron chi connectivity index (χ4n) is 1.52. The lowest BCUT2D eigenvalue weighted by Gasteiger charge is -2.40. The Bertz CT molecular complexity index is 149. The lowest BCUT2D eigenvalue weighted by atomic mass is 9.90. The summed E-state index contributed by atoms with van der Waals surface area (Å²) in [6.07, 6.45) is -3.52. The lowest BCUT2D eigenvalue weighted by molar-refractivity contribution is -0.117. The standard InChI is InChI=1S/C7H16N2O4/c8-1-3-5(11)7(13)6(12)4(2-10)9-3/h3-7,9-13H,1-2,8H2/t3-,4-,5+,6-,7-/m1/s1. The van der Waals surface area contributed by atoms with Crippen molar-refractivity contribution in [2.75, 3.05) is 13.2 Å². The van der Waals surface area contributed by atoms with E-state index in [0.717, 1.165) is 0 Å². The molecule has 0 aromatic rings. The highest BCUT2D eigenvalue weighted by molar-refractivity contribution is 4.98. The van der Waals surface area contributed by atoms with Gasteiger partial charge in [-0.25, -0.2) is 0 Å². The van der Waals surface area contributed by atoms with Gasteiger partial charge >= 0.3 is 0 Å². The molecule has 0 bridgehead atoms. The van der Waals surface area contributed by atoms with Gasteiger partial charge in [0, 0.05) is 12.6 Å². The second kappa shape index (κ2) is 4.32. The number of aliphatic hydroxyl groups is 4. The summed E-state index contributed by atoms with van der Waals surface area (Å²) in [6, 6.07) is -1.12. The second-order valence-electron chi connectivity index (χ2n) is 3.27. The topological polar surface area (TPSA) is 119 Å². The van der Waals surface area contributed by atoms with Crippen LogP contribution in [0.5, 0.6) is 0 Å². The summed E-state index contributed by atoms with van der Waals surface area (Å²) in [6.45, 7) is -0.164. The predicted octanol–water partition coefficient (Wildman–Crippen LogP) is -3.64. The first kappa shape index (κ1) is 10.8. The summed E-state index contributed by atoms with van der Waals surface area (Å²) in [5, 5.41) is 39.6. The molecule has 1 fully saturated rings. The van der Waals surface area contributed by atoms with E-state index in [0.29, 0.717) is 0 Å². The monoisotopic (exact) mass is 192 g/mol. The van der Waals surface area contributed by atoms with Gasteiger partial charge in [0.2, 0.25) is 0 Å². The first-order valence-electron chi connectivity index (χ1n) is 4.23. The molecule has 1 heterocycles. The van der Waals surface area contributed by atoms with Crippen LogP contribution in [-0.4, -0.2) is 64.0 Å². The number of hydrogen-bond donors (Lipinski definition) is 6. The number of aliphatic hydroxyl groups excluding tert-OH is 4. The molecule has 0 spiro atoms. The molecule has 78 valence electrons. The minimum Gasteiger partial charge on any atom is -0.395 e. The number of nitrogens with one attached hydrogen (secondary N) is 1. The van der Waals surface area contributed by atoms with Crippen LogP contribution >= 0.6 is 0 Å². The van der Waals surface area contributed by atoms with Gasteiger partial charge in [-0.1, -0.05) is 0 Å². The third-order valence-corrected chi connectivity index (χ3v) is 2.40. The van der Waals surface area contributed by atoms with E-state index in [-0.39, 0.29) is 13.2 Å². The van der Waals surface area contributed by atoms with Gasteiger partial charge in [0.1, 0.15) is 6.10 Å². The summed E-state index contributed by atoms with van der Waals surface area (Å²) < 4.78 is 0. The predicted molar refractivity (Wildman–Crippen MR) is 44.9 cm³/mol. The molecule has 7 N–H and O–H groups in total. The van der Waals surface area contributed by atoms with E-state index in [1.165, 1.54) is 0 Å². The number of rotatable bonds is 2. The highest BCUT2D eigenvalue weighted by Gasteiger charge is 2.41. The molecule has 1 aliphatic rings. The molecule has 13 heavy (non-hydrogen) atoms. The molecule has 6 heteroatoms. The van der Waals surface area contributed by atoms with Crippen molar-refractivity contribution >= 4 is 0 Å². The van der Waals surface area contributed by atoms with Crippen LogP contribution in [0, 0.1) is 0 Å². The SMILES string of the molecule is NC[C@H]1N[C@H](CO)[C@@H](O)[C@H](O)[C@H]1O. The number of nitrogens with two attached hydrogens (primary N) is 1. The molecule has 1 aliphatic heterocycles. The molecular formula is C7H16N2O4. The van der Waals surface area contributed by atoms with E-state index in [1.54, 1.807) is 0 Å². The smallest absolute Gasteiger partial charge is 0.109 e. The third kappa shape index (κ3) is 1.98. The number of piperidine rings is 1. The Morgan fingerprint density at radius 1 is 1.00 bits per heavy atom. The van der Waals surface area contributed by atoms with Crippen molar-refractivity contribution in [2.45, 2.75) is 30.4 Å². The first-order chi connectivity index (χ1) is 6.11. The quantitative estimate of drug-likeness (QED) is 0.268. The molecule has 1 saturated heterocycles. The first-order valence-corrected chi connectivity index (χ1v) is 4.23. The molecule has 1 rings (SSSR count). The van der Waals surface area contributed by atoms with E-state index in [1.807, 2.05) is 0 Å². The molecule has 0 radical (unpaired) electrons. The average Bonchev–Trinajstić information content (AvgIpc) is 2.15. The van der Waals surface area contributed by atoms with Gasteiger partial charge in [0.05, 0.1) is 24.9 Å². The van der Waals surface area contributed by atoms with Crippen molar-refractivity contribution in [3.05, 3.63) is 0 Å². The van der Waals surface area contributed by atoms with E-state index >= 15 is 0 Å².